The molecule has 1 heterocycles. The van der Waals surface area contributed by atoms with Crippen molar-refractivity contribution in [3.8, 4) is 0 Å². The van der Waals surface area contributed by atoms with E-state index >= 15 is 0 Å². The minimum atomic E-state index is -1.91. The number of rotatable bonds is 3. The number of nitrogens with zero attached hydrogens (tertiary/aromatic N) is 2. The highest BCUT2D eigenvalue weighted by atomic mass is 28.3. The first kappa shape index (κ1) is 20.3. The molecule has 0 fully saturated rings. The van der Waals surface area contributed by atoms with Gasteiger partial charge in [0.05, 0.1) is 0 Å². The van der Waals surface area contributed by atoms with Gasteiger partial charge in [-0.15, -0.1) is 0 Å². The number of hydrogen-bond acceptors (Lipinski definition) is 2. The van der Waals surface area contributed by atoms with Crippen molar-refractivity contribution < 1.29 is 9.37 Å². The molecule has 0 amide bonds. The van der Waals surface area contributed by atoms with Gasteiger partial charge in [0, 0.05) is 31.4 Å². The first-order valence-electron chi connectivity index (χ1n) is 10.3. The van der Waals surface area contributed by atoms with E-state index in [1.54, 1.807) is 0 Å². The van der Waals surface area contributed by atoms with E-state index in [9.17, 15) is 4.79 Å². The summed E-state index contributed by atoms with van der Waals surface area (Å²) in [4.78, 5) is 13.3. The van der Waals surface area contributed by atoms with Crippen molar-refractivity contribution in [2.45, 2.75) is 13.1 Å². The van der Waals surface area contributed by atoms with Crippen LogP contribution >= 0.6 is 0 Å². The number of aldehydes is 1. The molecule has 0 spiro atoms. The maximum atomic E-state index is 11.2. The molecule has 4 rings (SSSR count). The van der Waals surface area contributed by atoms with Crippen molar-refractivity contribution >= 4 is 36.5 Å². The number of anilines is 1. The summed E-state index contributed by atoms with van der Waals surface area (Å²) in [6.07, 6.45) is 7.78. The van der Waals surface area contributed by atoms with Crippen LogP contribution in [0.5, 0.6) is 0 Å². The Bertz CT molecular complexity index is 1160. The molecule has 4 heteroatoms. The highest BCUT2D eigenvalue weighted by Gasteiger charge is 2.31. The second-order valence-corrected chi connectivity index (χ2v) is 13.3. The molecule has 2 aromatic rings. The Labute approximate surface area is 180 Å². The highest BCUT2D eigenvalue weighted by Crippen LogP contribution is 2.41. The predicted molar refractivity (Wildman–Crippen MR) is 130 cm³/mol. The number of benzene rings is 2. The standard InChI is InChI=1S/C26H29N2OSi/c1-27(2)20-11-13-22-24(15-20)30(5,6)25-16-21(28(3)4)12-14-23(25)26(22)19-9-7-18(17-29)8-10-19/h7-17H,1-6H3. The average Bonchev–Trinajstić information content (AvgIpc) is 2.74. The monoisotopic (exact) mass is 413 g/mol. The Balaban J connectivity index is 2.06. The Morgan fingerprint density at radius 2 is 1.67 bits per heavy atom. The molecular formula is C26H29N2OSi. The molecule has 2 aromatic carbocycles. The molecular weight excluding hydrogens is 384 g/mol. The second-order valence-electron chi connectivity index (χ2n) is 8.99. The van der Waals surface area contributed by atoms with Crippen molar-refractivity contribution in [1.29, 1.82) is 0 Å². The van der Waals surface area contributed by atoms with Gasteiger partial charge < -0.3 is 4.90 Å². The van der Waals surface area contributed by atoms with Gasteiger partial charge in [0.2, 0.25) is 0 Å². The molecule has 0 saturated carbocycles. The van der Waals surface area contributed by atoms with Crippen LogP contribution in [0.15, 0.2) is 71.5 Å². The second kappa shape index (κ2) is 7.37. The number of fused-ring (bicyclic) bond motifs is 2. The molecule has 0 bridgehead atoms. The minimum absolute atomic E-state index is 0.705. The fourth-order valence-electron chi connectivity index (χ4n) is 4.42. The van der Waals surface area contributed by atoms with Crippen LogP contribution < -0.4 is 10.1 Å². The van der Waals surface area contributed by atoms with Crippen LogP contribution in [0.25, 0.3) is 5.57 Å². The SMILES string of the molecule is CN(C)c1ccc2c(c1)[Si-](C)(C)C1=CC(=[N+](C)C)C=CC1=C2c1ccc(C=O)cc1. The summed E-state index contributed by atoms with van der Waals surface area (Å²) < 4.78 is 2.18. The zero-order valence-electron chi connectivity index (χ0n) is 18.7. The van der Waals surface area contributed by atoms with Crippen molar-refractivity contribution in [1.82, 2.24) is 0 Å². The van der Waals surface area contributed by atoms with E-state index in [1.807, 2.05) is 12.1 Å². The number of hydrogen-bond donors (Lipinski definition) is 0. The van der Waals surface area contributed by atoms with E-state index in [0.717, 1.165) is 11.8 Å². The molecule has 3 nitrogen and oxygen atoms in total. The molecule has 0 saturated heterocycles. The highest BCUT2D eigenvalue weighted by molar-refractivity contribution is 6.98. The zero-order chi connectivity index (χ0) is 21.6. The summed E-state index contributed by atoms with van der Waals surface area (Å²) in [5.74, 6) is 0. The summed E-state index contributed by atoms with van der Waals surface area (Å²) in [6.45, 7) is 4.91. The van der Waals surface area contributed by atoms with Gasteiger partial charge in [-0.3, -0.25) is 4.79 Å². The Morgan fingerprint density at radius 3 is 2.27 bits per heavy atom. The lowest BCUT2D eigenvalue weighted by Gasteiger charge is -2.47. The molecule has 153 valence electrons. The molecule has 1 aliphatic heterocycles. The van der Waals surface area contributed by atoms with E-state index in [2.05, 4.69) is 99.3 Å². The Kier molecular flexibility index (Phi) is 4.98. The van der Waals surface area contributed by atoms with Crippen molar-refractivity contribution in [3.63, 3.8) is 0 Å². The predicted octanol–water partition coefficient (Wildman–Crippen LogP) is 4.04. The molecule has 0 atom stereocenters. The van der Waals surface area contributed by atoms with Crippen LogP contribution in [0.3, 0.4) is 0 Å². The van der Waals surface area contributed by atoms with E-state index in [-0.39, 0.29) is 0 Å². The van der Waals surface area contributed by atoms with E-state index in [0.29, 0.717) is 5.56 Å². The first-order valence-corrected chi connectivity index (χ1v) is 13.3. The molecule has 1 aliphatic carbocycles. The minimum Gasteiger partial charge on any atom is -0.378 e. The first-order chi connectivity index (χ1) is 14.2. The summed E-state index contributed by atoms with van der Waals surface area (Å²) in [7, 11) is 6.48. The van der Waals surface area contributed by atoms with Crippen LogP contribution in [0.2, 0.25) is 13.1 Å². The fraction of sp³-hybridized carbons (Fsp3) is 0.231. The van der Waals surface area contributed by atoms with Crippen molar-refractivity contribution in [3.05, 3.63) is 88.2 Å². The van der Waals surface area contributed by atoms with Gasteiger partial charge in [0.15, 0.2) is 5.71 Å². The third-order valence-corrected chi connectivity index (χ3v) is 9.78. The Hall–Kier alpha value is -2.98. The van der Waals surface area contributed by atoms with Crippen LogP contribution in [-0.4, -0.2) is 52.8 Å². The maximum Gasteiger partial charge on any atom is 0.196 e. The van der Waals surface area contributed by atoms with Gasteiger partial charge in [-0.05, 0) is 34.4 Å². The van der Waals surface area contributed by atoms with Gasteiger partial charge in [-0.25, -0.2) is 4.58 Å². The lowest BCUT2D eigenvalue weighted by Crippen LogP contribution is -2.49. The summed E-state index contributed by atoms with van der Waals surface area (Å²) in [6, 6.07) is 14.8. The molecule has 0 unspecified atom stereocenters. The van der Waals surface area contributed by atoms with E-state index in [1.165, 1.54) is 38.5 Å². The van der Waals surface area contributed by atoms with E-state index in [4.69, 9.17) is 0 Å². The summed E-state index contributed by atoms with van der Waals surface area (Å²) in [5, 5.41) is 2.93. The Morgan fingerprint density at radius 1 is 0.967 bits per heavy atom. The lowest BCUT2D eigenvalue weighted by atomic mass is 9.89. The quantitative estimate of drug-likeness (QED) is 0.431. The third-order valence-electron chi connectivity index (χ3n) is 6.26. The molecule has 2 aliphatic rings. The van der Waals surface area contributed by atoms with Crippen molar-refractivity contribution in [2.75, 3.05) is 33.1 Å². The molecule has 0 aromatic heterocycles. The number of carbonyl (C=O) groups excluding carboxylic acids is 1. The normalized spacial score (nSPS) is 16.6. The summed E-state index contributed by atoms with van der Waals surface area (Å²) in [5.41, 5.74) is 8.23. The van der Waals surface area contributed by atoms with Crippen LogP contribution in [-0.2, 0) is 0 Å². The van der Waals surface area contributed by atoms with Gasteiger partial charge in [0.25, 0.3) is 0 Å². The topological polar surface area (TPSA) is 23.3 Å². The third kappa shape index (κ3) is 3.21. The van der Waals surface area contributed by atoms with Crippen molar-refractivity contribution in [2.24, 2.45) is 0 Å². The van der Waals surface area contributed by atoms with Gasteiger partial charge in [-0.1, -0.05) is 50.5 Å². The van der Waals surface area contributed by atoms with Crippen LogP contribution in [0.4, 0.5) is 5.69 Å². The zero-order valence-corrected chi connectivity index (χ0v) is 19.7. The summed E-state index contributed by atoms with van der Waals surface area (Å²) >= 11 is 0. The average molecular weight is 414 g/mol. The lowest BCUT2D eigenvalue weighted by molar-refractivity contribution is -0.462. The fourth-order valence-corrected chi connectivity index (χ4v) is 7.49. The largest absolute Gasteiger partial charge is 0.378 e. The smallest absolute Gasteiger partial charge is 0.196 e. The number of carbonyl (C=O) groups is 1. The molecule has 0 radical (unpaired) electrons. The maximum absolute atomic E-state index is 11.2. The molecule has 30 heavy (non-hydrogen) atoms. The van der Waals surface area contributed by atoms with Crippen LogP contribution in [0, 0.1) is 0 Å². The molecule has 0 N–H and O–H groups in total. The number of allylic oxidation sites excluding steroid dienone is 5. The van der Waals surface area contributed by atoms with Crippen LogP contribution in [0.1, 0.15) is 21.5 Å². The van der Waals surface area contributed by atoms with Gasteiger partial charge in [-0.2, -0.15) is 23.5 Å². The van der Waals surface area contributed by atoms with E-state index < -0.39 is 8.07 Å². The van der Waals surface area contributed by atoms with Gasteiger partial charge >= 0.3 is 0 Å². The van der Waals surface area contributed by atoms with Gasteiger partial charge in [0.1, 0.15) is 20.4 Å².